The van der Waals surface area contributed by atoms with Gasteiger partial charge >= 0.3 is 0 Å². The maximum absolute atomic E-state index is 12.7. The molecule has 2 aromatic carbocycles. The molecule has 0 aliphatic carbocycles. The Hall–Kier alpha value is -2.38. The molecule has 1 amide bonds. The van der Waals surface area contributed by atoms with Gasteiger partial charge in [-0.25, -0.2) is 12.7 Å². The standard InChI is InChI=1S/C21H26N2O4S/c1-15(2)18-7-5-6-8-20(18)27-14-21(24)23-12-11-16-13-17(9-10-19(16)23)28(25,26)22(3)4/h5-10,13,15H,11-12,14H2,1-4H3. The van der Waals surface area contributed by atoms with Crippen molar-refractivity contribution in [3.63, 3.8) is 0 Å². The molecule has 0 bridgehead atoms. The molecule has 0 saturated heterocycles. The summed E-state index contributed by atoms with van der Waals surface area (Å²) < 4.78 is 31.6. The molecule has 0 fully saturated rings. The number of carbonyl (C=O) groups is 1. The number of hydrogen-bond donors (Lipinski definition) is 0. The number of amides is 1. The number of rotatable bonds is 6. The molecule has 0 N–H and O–H groups in total. The molecule has 2 aromatic rings. The molecule has 1 heterocycles. The minimum atomic E-state index is -3.49. The molecular formula is C21H26N2O4S. The third-order valence-corrected chi connectivity index (χ3v) is 6.73. The van der Waals surface area contributed by atoms with Crippen LogP contribution in [-0.4, -0.2) is 45.9 Å². The summed E-state index contributed by atoms with van der Waals surface area (Å²) in [5, 5.41) is 0. The first-order valence-corrected chi connectivity index (χ1v) is 10.7. The van der Waals surface area contributed by atoms with E-state index in [2.05, 4.69) is 13.8 Å². The van der Waals surface area contributed by atoms with Gasteiger partial charge in [-0.15, -0.1) is 0 Å². The van der Waals surface area contributed by atoms with Crippen LogP contribution in [-0.2, 0) is 21.2 Å². The predicted molar refractivity (Wildman–Crippen MR) is 109 cm³/mol. The molecule has 0 radical (unpaired) electrons. The van der Waals surface area contributed by atoms with Gasteiger partial charge in [0.25, 0.3) is 5.91 Å². The molecular weight excluding hydrogens is 376 g/mol. The zero-order valence-electron chi connectivity index (χ0n) is 16.7. The molecule has 150 valence electrons. The number of sulfonamides is 1. The monoisotopic (exact) mass is 402 g/mol. The van der Waals surface area contributed by atoms with Gasteiger partial charge in [0.1, 0.15) is 5.75 Å². The number of anilines is 1. The van der Waals surface area contributed by atoms with Gasteiger partial charge in [-0.05, 0) is 47.7 Å². The minimum Gasteiger partial charge on any atom is -0.483 e. The van der Waals surface area contributed by atoms with Crippen molar-refractivity contribution < 1.29 is 17.9 Å². The van der Waals surface area contributed by atoms with Gasteiger partial charge in [0.05, 0.1) is 4.90 Å². The normalized spacial score (nSPS) is 13.9. The van der Waals surface area contributed by atoms with Crippen molar-refractivity contribution in [3.8, 4) is 5.75 Å². The van der Waals surface area contributed by atoms with E-state index < -0.39 is 10.0 Å². The van der Waals surface area contributed by atoms with Crippen LogP contribution in [0.25, 0.3) is 0 Å². The van der Waals surface area contributed by atoms with E-state index in [1.54, 1.807) is 23.1 Å². The van der Waals surface area contributed by atoms with Crippen LogP contribution < -0.4 is 9.64 Å². The molecule has 28 heavy (non-hydrogen) atoms. The van der Waals surface area contributed by atoms with Crippen molar-refractivity contribution in [2.45, 2.75) is 31.1 Å². The van der Waals surface area contributed by atoms with Crippen LogP contribution in [0.5, 0.6) is 5.75 Å². The highest BCUT2D eigenvalue weighted by Crippen LogP contribution is 2.31. The lowest BCUT2D eigenvalue weighted by Crippen LogP contribution is -2.33. The van der Waals surface area contributed by atoms with E-state index in [4.69, 9.17) is 4.74 Å². The summed E-state index contributed by atoms with van der Waals surface area (Å²) in [7, 11) is -0.481. The van der Waals surface area contributed by atoms with Crippen LogP contribution in [0.4, 0.5) is 5.69 Å². The van der Waals surface area contributed by atoms with E-state index in [0.29, 0.717) is 18.9 Å². The number of para-hydroxylation sites is 1. The fourth-order valence-corrected chi connectivity index (χ4v) is 4.27. The second kappa shape index (κ2) is 7.93. The van der Waals surface area contributed by atoms with Crippen molar-refractivity contribution in [2.24, 2.45) is 0 Å². The fraction of sp³-hybridized carbons (Fsp3) is 0.381. The highest BCUT2D eigenvalue weighted by atomic mass is 32.2. The lowest BCUT2D eigenvalue weighted by atomic mass is 10.0. The van der Waals surface area contributed by atoms with E-state index in [9.17, 15) is 13.2 Å². The van der Waals surface area contributed by atoms with Crippen LogP contribution in [0.15, 0.2) is 47.4 Å². The Labute approximate surface area is 166 Å². The van der Waals surface area contributed by atoms with Gasteiger partial charge in [-0.2, -0.15) is 0 Å². The lowest BCUT2D eigenvalue weighted by molar-refractivity contribution is -0.120. The van der Waals surface area contributed by atoms with E-state index in [-0.39, 0.29) is 17.4 Å². The average Bonchev–Trinajstić information content (AvgIpc) is 3.09. The molecule has 0 atom stereocenters. The third-order valence-electron chi connectivity index (χ3n) is 4.92. The second-order valence-electron chi connectivity index (χ2n) is 7.35. The van der Waals surface area contributed by atoms with Gasteiger partial charge in [0.2, 0.25) is 10.0 Å². The van der Waals surface area contributed by atoms with Crippen LogP contribution in [0.1, 0.15) is 30.9 Å². The first-order valence-electron chi connectivity index (χ1n) is 9.29. The van der Waals surface area contributed by atoms with Gasteiger partial charge in [0, 0.05) is 26.3 Å². The van der Waals surface area contributed by atoms with Gasteiger partial charge in [-0.3, -0.25) is 4.79 Å². The number of fused-ring (bicyclic) bond motifs is 1. The first kappa shape index (κ1) is 20.4. The summed E-state index contributed by atoms with van der Waals surface area (Å²) in [6.07, 6.45) is 0.625. The molecule has 0 spiro atoms. The Bertz CT molecular complexity index is 984. The number of carbonyl (C=O) groups excluding carboxylic acids is 1. The lowest BCUT2D eigenvalue weighted by Gasteiger charge is -2.19. The molecule has 6 nitrogen and oxygen atoms in total. The molecule has 0 saturated carbocycles. The second-order valence-corrected chi connectivity index (χ2v) is 9.51. The van der Waals surface area contributed by atoms with E-state index in [1.807, 2.05) is 24.3 Å². The van der Waals surface area contributed by atoms with Crippen LogP contribution in [0.2, 0.25) is 0 Å². The Morgan fingerprint density at radius 2 is 1.89 bits per heavy atom. The minimum absolute atomic E-state index is 0.0546. The van der Waals surface area contributed by atoms with Gasteiger partial charge in [-0.1, -0.05) is 32.0 Å². The fourth-order valence-electron chi connectivity index (χ4n) is 3.31. The SMILES string of the molecule is CC(C)c1ccccc1OCC(=O)N1CCc2cc(S(=O)(=O)N(C)C)ccc21. The van der Waals surface area contributed by atoms with Crippen molar-refractivity contribution in [1.29, 1.82) is 0 Å². The molecule has 7 heteroatoms. The highest BCUT2D eigenvalue weighted by molar-refractivity contribution is 7.89. The van der Waals surface area contributed by atoms with Gasteiger partial charge < -0.3 is 9.64 Å². The summed E-state index contributed by atoms with van der Waals surface area (Å²) >= 11 is 0. The van der Waals surface area contributed by atoms with E-state index in [1.165, 1.54) is 18.4 Å². The number of ether oxygens (including phenoxy) is 1. The van der Waals surface area contributed by atoms with Crippen molar-refractivity contribution in [1.82, 2.24) is 4.31 Å². The predicted octanol–water partition coefficient (Wildman–Crippen LogP) is 3.03. The average molecular weight is 403 g/mol. The molecule has 1 aliphatic heterocycles. The highest BCUT2D eigenvalue weighted by Gasteiger charge is 2.27. The molecule has 3 rings (SSSR count). The number of hydrogen-bond acceptors (Lipinski definition) is 4. The summed E-state index contributed by atoms with van der Waals surface area (Å²) in [4.78, 5) is 14.6. The Balaban J connectivity index is 1.75. The zero-order chi connectivity index (χ0) is 20.5. The van der Waals surface area contributed by atoms with Gasteiger partial charge in [0.15, 0.2) is 6.61 Å². The largest absolute Gasteiger partial charge is 0.483 e. The third kappa shape index (κ3) is 3.91. The maximum atomic E-state index is 12.7. The smallest absolute Gasteiger partial charge is 0.264 e. The number of nitrogens with zero attached hydrogens (tertiary/aromatic N) is 2. The topological polar surface area (TPSA) is 66.9 Å². The molecule has 0 aromatic heterocycles. The zero-order valence-corrected chi connectivity index (χ0v) is 17.5. The van der Waals surface area contributed by atoms with Crippen molar-refractivity contribution in [2.75, 3.05) is 32.1 Å². The molecule has 0 unspecified atom stereocenters. The van der Waals surface area contributed by atoms with E-state index >= 15 is 0 Å². The van der Waals surface area contributed by atoms with E-state index in [0.717, 1.165) is 22.6 Å². The van der Waals surface area contributed by atoms with Crippen LogP contribution in [0.3, 0.4) is 0 Å². The Kier molecular flexibility index (Phi) is 5.76. The molecule has 1 aliphatic rings. The van der Waals surface area contributed by atoms with Crippen molar-refractivity contribution >= 4 is 21.6 Å². The van der Waals surface area contributed by atoms with Crippen molar-refractivity contribution in [3.05, 3.63) is 53.6 Å². The van der Waals surface area contributed by atoms with Crippen LogP contribution in [0, 0.1) is 0 Å². The first-order chi connectivity index (χ1) is 13.2. The van der Waals surface area contributed by atoms with Crippen LogP contribution >= 0.6 is 0 Å². The quantitative estimate of drug-likeness (QED) is 0.745. The summed E-state index contributed by atoms with van der Waals surface area (Å²) in [5.74, 6) is 0.883. The summed E-state index contributed by atoms with van der Waals surface area (Å²) in [6.45, 7) is 4.63. The Morgan fingerprint density at radius 3 is 2.57 bits per heavy atom. The summed E-state index contributed by atoms with van der Waals surface area (Å²) in [6, 6.07) is 12.6. The number of benzene rings is 2. The maximum Gasteiger partial charge on any atom is 0.264 e. The summed E-state index contributed by atoms with van der Waals surface area (Å²) in [5.41, 5.74) is 2.68. The Morgan fingerprint density at radius 1 is 1.18 bits per heavy atom.